The first-order chi connectivity index (χ1) is 13.1. The molecule has 0 unspecified atom stereocenters. The van der Waals surface area contributed by atoms with Gasteiger partial charge in [-0.05, 0) is 42.7 Å². The van der Waals surface area contributed by atoms with Gasteiger partial charge in [0.15, 0.2) is 5.82 Å². The lowest BCUT2D eigenvalue weighted by molar-refractivity contribution is -0.123. The maximum atomic E-state index is 12.8. The van der Waals surface area contributed by atoms with Gasteiger partial charge in [0.1, 0.15) is 5.54 Å². The van der Waals surface area contributed by atoms with E-state index in [1.54, 1.807) is 6.92 Å². The molecule has 3 aromatic rings. The number of benzene rings is 1. The summed E-state index contributed by atoms with van der Waals surface area (Å²) < 4.78 is 7.22. The number of hydrogen-bond acceptors (Lipinski definition) is 4. The summed E-state index contributed by atoms with van der Waals surface area (Å²) in [5, 5.41) is 7.33. The Labute approximate surface area is 158 Å². The van der Waals surface area contributed by atoms with E-state index in [4.69, 9.17) is 4.52 Å². The Morgan fingerprint density at radius 1 is 1.15 bits per heavy atom. The Morgan fingerprint density at radius 3 is 2.48 bits per heavy atom. The zero-order chi connectivity index (χ0) is 18.7. The van der Waals surface area contributed by atoms with Gasteiger partial charge in [-0.1, -0.05) is 36.6 Å². The molecule has 4 rings (SSSR count). The van der Waals surface area contributed by atoms with Crippen LogP contribution in [0.4, 0.5) is 0 Å². The Hall–Kier alpha value is -2.89. The molecule has 1 aliphatic rings. The van der Waals surface area contributed by atoms with Crippen molar-refractivity contribution >= 4 is 5.91 Å². The van der Waals surface area contributed by atoms with Crippen LogP contribution < -0.4 is 5.32 Å². The lowest BCUT2D eigenvalue weighted by Crippen LogP contribution is -2.48. The molecule has 0 spiro atoms. The van der Waals surface area contributed by atoms with Gasteiger partial charge in [-0.2, -0.15) is 4.98 Å². The van der Waals surface area contributed by atoms with Gasteiger partial charge < -0.3 is 14.4 Å². The first kappa shape index (κ1) is 17.5. The van der Waals surface area contributed by atoms with Crippen molar-refractivity contribution in [3.05, 3.63) is 66.1 Å². The molecule has 1 saturated carbocycles. The second-order valence-corrected chi connectivity index (χ2v) is 7.26. The number of aryl methyl sites for hydroxylation is 1. The highest BCUT2D eigenvalue weighted by Crippen LogP contribution is 2.35. The van der Waals surface area contributed by atoms with Crippen LogP contribution in [0.2, 0.25) is 0 Å². The molecule has 2 heterocycles. The third-order valence-corrected chi connectivity index (χ3v) is 5.25. The molecule has 1 amide bonds. The number of hydrogen-bond donors (Lipinski definition) is 1. The molecule has 6 nitrogen and oxygen atoms in total. The Morgan fingerprint density at radius 2 is 1.85 bits per heavy atom. The van der Waals surface area contributed by atoms with Gasteiger partial charge >= 0.3 is 0 Å². The van der Waals surface area contributed by atoms with Crippen molar-refractivity contribution in [1.29, 1.82) is 0 Å². The van der Waals surface area contributed by atoms with Crippen LogP contribution in [-0.4, -0.2) is 20.6 Å². The van der Waals surface area contributed by atoms with E-state index in [0.717, 1.165) is 36.9 Å². The molecule has 0 saturated heterocycles. The van der Waals surface area contributed by atoms with Crippen molar-refractivity contribution in [1.82, 2.24) is 20.0 Å². The summed E-state index contributed by atoms with van der Waals surface area (Å²) in [6.45, 7) is 1.78. The molecule has 27 heavy (non-hydrogen) atoms. The first-order valence-corrected chi connectivity index (χ1v) is 9.49. The highest BCUT2D eigenvalue weighted by molar-refractivity contribution is 5.79. The number of amides is 1. The molecule has 1 fully saturated rings. The van der Waals surface area contributed by atoms with Crippen LogP contribution in [0.15, 0.2) is 53.3 Å². The normalized spacial score (nSPS) is 16.2. The molecule has 1 aliphatic carbocycles. The van der Waals surface area contributed by atoms with Crippen LogP contribution in [0.1, 0.15) is 49.4 Å². The van der Waals surface area contributed by atoms with Crippen molar-refractivity contribution in [2.24, 2.45) is 0 Å². The molecular formula is C21H24N4O2. The average molecular weight is 364 g/mol. The van der Waals surface area contributed by atoms with Crippen LogP contribution in [0.3, 0.4) is 0 Å². The number of carbonyl (C=O) groups is 1. The number of nitrogens with one attached hydrogen (secondary N) is 1. The van der Waals surface area contributed by atoms with Gasteiger partial charge in [-0.15, -0.1) is 0 Å². The van der Waals surface area contributed by atoms with Crippen LogP contribution in [-0.2, 0) is 16.8 Å². The second kappa shape index (κ2) is 7.39. The van der Waals surface area contributed by atoms with Gasteiger partial charge in [0.05, 0.1) is 6.42 Å². The highest BCUT2D eigenvalue weighted by Gasteiger charge is 2.39. The molecule has 2 aromatic heterocycles. The van der Waals surface area contributed by atoms with Crippen molar-refractivity contribution in [2.75, 3.05) is 0 Å². The smallest absolute Gasteiger partial charge is 0.225 e. The molecule has 0 aliphatic heterocycles. The zero-order valence-corrected chi connectivity index (χ0v) is 15.5. The maximum absolute atomic E-state index is 12.8. The summed E-state index contributed by atoms with van der Waals surface area (Å²) in [4.78, 5) is 17.2. The van der Waals surface area contributed by atoms with Crippen LogP contribution >= 0.6 is 0 Å². The predicted molar refractivity (Wildman–Crippen MR) is 101 cm³/mol. The van der Waals surface area contributed by atoms with E-state index in [0.29, 0.717) is 18.1 Å². The van der Waals surface area contributed by atoms with E-state index >= 15 is 0 Å². The summed E-state index contributed by atoms with van der Waals surface area (Å²) in [6, 6.07) is 12.0. The summed E-state index contributed by atoms with van der Waals surface area (Å²) in [5.74, 6) is 1.13. The number of nitrogens with zero attached hydrogens (tertiary/aromatic N) is 3. The van der Waals surface area contributed by atoms with Gasteiger partial charge in [-0.25, -0.2) is 0 Å². The van der Waals surface area contributed by atoms with E-state index in [1.165, 1.54) is 6.42 Å². The standard InChI is InChI=1S/C21H24N4O2/c1-16-22-20(24-27-16)21(11-3-2-4-12-21)23-19(26)15-17-7-9-18(10-8-17)25-13-5-6-14-25/h5-10,13-14H,2-4,11-12,15H2,1H3,(H,23,26). The maximum Gasteiger partial charge on any atom is 0.225 e. The van der Waals surface area contributed by atoms with E-state index in [2.05, 4.69) is 15.5 Å². The largest absolute Gasteiger partial charge is 0.343 e. The molecule has 0 atom stereocenters. The van der Waals surface area contributed by atoms with Crippen LogP contribution in [0.5, 0.6) is 0 Å². The van der Waals surface area contributed by atoms with E-state index < -0.39 is 5.54 Å². The van der Waals surface area contributed by atoms with Gasteiger partial charge in [0.25, 0.3) is 0 Å². The number of carbonyl (C=O) groups excluding carboxylic acids is 1. The third-order valence-electron chi connectivity index (χ3n) is 5.25. The zero-order valence-electron chi connectivity index (χ0n) is 15.5. The van der Waals surface area contributed by atoms with Gasteiger partial charge in [0, 0.05) is 25.0 Å². The van der Waals surface area contributed by atoms with Crippen molar-refractivity contribution < 1.29 is 9.32 Å². The first-order valence-electron chi connectivity index (χ1n) is 9.49. The highest BCUT2D eigenvalue weighted by atomic mass is 16.5. The minimum atomic E-state index is -0.502. The molecule has 1 aromatic carbocycles. The minimum absolute atomic E-state index is 0.00642. The topological polar surface area (TPSA) is 73.0 Å². The van der Waals surface area contributed by atoms with Crippen molar-refractivity contribution in [3.8, 4) is 5.69 Å². The van der Waals surface area contributed by atoms with E-state index in [1.807, 2.05) is 53.4 Å². The lowest BCUT2D eigenvalue weighted by atomic mass is 9.80. The summed E-state index contributed by atoms with van der Waals surface area (Å²) in [7, 11) is 0. The third kappa shape index (κ3) is 3.79. The fraction of sp³-hybridized carbons (Fsp3) is 0.381. The summed E-state index contributed by atoms with van der Waals surface area (Å²) in [5.41, 5.74) is 1.56. The second-order valence-electron chi connectivity index (χ2n) is 7.26. The van der Waals surface area contributed by atoms with Gasteiger partial charge in [-0.3, -0.25) is 4.79 Å². The fourth-order valence-electron chi connectivity index (χ4n) is 3.84. The van der Waals surface area contributed by atoms with E-state index in [-0.39, 0.29) is 5.91 Å². The van der Waals surface area contributed by atoms with Crippen molar-refractivity contribution in [3.63, 3.8) is 0 Å². The monoisotopic (exact) mass is 364 g/mol. The quantitative estimate of drug-likeness (QED) is 0.749. The van der Waals surface area contributed by atoms with Crippen LogP contribution in [0, 0.1) is 6.92 Å². The summed E-state index contributed by atoms with van der Waals surface area (Å²) >= 11 is 0. The fourth-order valence-corrected chi connectivity index (χ4v) is 3.84. The average Bonchev–Trinajstić information content (AvgIpc) is 3.35. The van der Waals surface area contributed by atoms with Crippen molar-refractivity contribution in [2.45, 2.75) is 51.0 Å². The lowest BCUT2D eigenvalue weighted by Gasteiger charge is -2.35. The molecule has 1 N–H and O–H groups in total. The molecule has 0 radical (unpaired) electrons. The predicted octanol–water partition coefficient (Wildman–Crippen LogP) is 3.69. The molecule has 0 bridgehead atoms. The molecule has 6 heteroatoms. The molecular weight excluding hydrogens is 340 g/mol. The summed E-state index contributed by atoms with van der Waals surface area (Å²) in [6.07, 6.45) is 9.33. The Balaban J connectivity index is 1.47. The minimum Gasteiger partial charge on any atom is -0.343 e. The Bertz CT molecular complexity index is 891. The number of rotatable bonds is 5. The SMILES string of the molecule is Cc1nc(C2(NC(=O)Cc3ccc(-n4cccc4)cc3)CCCCC2)no1. The van der Waals surface area contributed by atoms with Crippen LogP contribution in [0.25, 0.3) is 5.69 Å². The van der Waals surface area contributed by atoms with Gasteiger partial charge in [0.2, 0.25) is 11.8 Å². The molecule has 140 valence electrons. The Kier molecular flexibility index (Phi) is 4.79. The number of aromatic nitrogens is 3. The van der Waals surface area contributed by atoms with E-state index in [9.17, 15) is 4.79 Å².